The van der Waals surface area contributed by atoms with E-state index in [1.165, 1.54) is 4.31 Å². The molecule has 0 radical (unpaired) electrons. The lowest BCUT2D eigenvalue weighted by atomic mass is 10.1. The summed E-state index contributed by atoms with van der Waals surface area (Å²) in [5.41, 5.74) is 1.53. The second-order valence-electron chi connectivity index (χ2n) is 5.51. The number of hydrogen-bond donors (Lipinski definition) is 0. The molecule has 7 heteroatoms. The Hall–Kier alpha value is -1.60. The molecule has 0 spiro atoms. The molecular weight excluding hydrogens is 316 g/mol. The Morgan fingerprint density at radius 3 is 2.35 bits per heavy atom. The minimum absolute atomic E-state index is 0.0651. The Balaban J connectivity index is 2.04. The van der Waals surface area contributed by atoms with Crippen LogP contribution in [0, 0.1) is 6.92 Å². The number of benzene rings is 1. The molecule has 2 rings (SSSR count). The van der Waals surface area contributed by atoms with Gasteiger partial charge >= 0.3 is 0 Å². The third-order valence-corrected chi connectivity index (χ3v) is 5.89. The van der Waals surface area contributed by atoms with Gasteiger partial charge in [0, 0.05) is 31.7 Å². The van der Waals surface area contributed by atoms with Crippen LogP contribution in [0.25, 0.3) is 0 Å². The summed E-state index contributed by atoms with van der Waals surface area (Å²) in [5.74, 6) is 0.812. The molecule has 128 valence electrons. The highest BCUT2D eigenvalue weighted by Crippen LogP contribution is 2.20. The van der Waals surface area contributed by atoms with E-state index in [9.17, 15) is 13.2 Å². The zero-order valence-electron chi connectivity index (χ0n) is 13.9. The number of carbonyl (C=O) groups excluding carboxylic acids is 1. The van der Waals surface area contributed by atoms with Crippen LogP contribution in [-0.2, 0) is 10.0 Å². The quantitative estimate of drug-likeness (QED) is 0.815. The Bertz CT molecular complexity index is 665. The summed E-state index contributed by atoms with van der Waals surface area (Å²) in [4.78, 5) is 14.3. The summed E-state index contributed by atoms with van der Waals surface area (Å²) in [6.45, 7) is 7.61. The van der Waals surface area contributed by atoms with E-state index in [0.717, 1.165) is 11.3 Å². The van der Waals surface area contributed by atoms with Gasteiger partial charge < -0.3 is 9.64 Å². The van der Waals surface area contributed by atoms with Crippen molar-refractivity contribution in [2.24, 2.45) is 0 Å². The Morgan fingerprint density at radius 2 is 1.83 bits per heavy atom. The van der Waals surface area contributed by atoms with Crippen LogP contribution in [0.2, 0.25) is 0 Å². The van der Waals surface area contributed by atoms with Crippen molar-refractivity contribution in [3.63, 3.8) is 0 Å². The molecule has 0 N–H and O–H groups in total. The van der Waals surface area contributed by atoms with Gasteiger partial charge in [-0.2, -0.15) is 4.31 Å². The van der Waals surface area contributed by atoms with Crippen LogP contribution in [0.3, 0.4) is 0 Å². The van der Waals surface area contributed by atoms with Gasteiger partial charge in [0.15, 0.2) is 0 Å². The van der Waals surface area contributed by atoms with E-state index in [1.54, 1.807) is 17.9 Å². The van der Waals surface area contributed by atoms with Gasteiger partial charge in [0.1, 0.15) is 5.75 Å². The first-order valence-corrected chi connectivity index (χ1v) is 9.50. The van der Waals surface area contributed by atoms with Crippen LogP contribution >= 0.6 is 0 Å². The van der Waals surface area contributed by atoms with Crippen molar-refractivity contribution in [2.45, 2.75) is 20.8 Å². The molecule has 0 saturated carbocycles. The van der Waals surface area contributed by atoms with E-state index in [-0.39, 0.29) is 11.7 Å². The molecular formula is C16H24N2O4S. The second-order valence-corrected chi connectivity index (χ2v) is 7.76. The number of sulfonamides is 1. The Kier molecular flexibility index (Phi) is 5.64. The maximum Gasteiger partial charge on any atom is 0.253 e. The largest absolute Gasteiger partial charge is 0.494 e. The lowest BCUT2D eigenvalue weighted by Crippen LogP contribution is -2.50. The molecule has 6 nitrogen and oxygen atoms in total. The van der Waals surface area contributed by atoms with Crippen LogP contribution in [0.15, 0.2) is 18.2 Å². The number of rotatable bonds is 5. The molecule has 0 bridgehead atoms. The van der Waals surface area contributed by atoms with Crippen molar-refractivity contribution in [3.8, 4) is 5.75 Å². The number of carbonyl (C=O) groups is 1. The molecule has 1 aromatic carbocycles. The van der Waals surface area contributed by atoms with Crippen LogP contribution in [0.4, 0.5) is 0 Å². The molecule has 1 heterocycles. The first-order chi connectivity index (χ1) is 10.9. The van der Waals surface area contributed by atoms with E-state index in [0.29, 0.717) is 38.3 Å². The first kappa shape index (κ1) is 17.7. The van der Waals surface area contributed by atoms with E-state index in [2.05, 4.69) is 0 Å². The van der Waals surface area contributed by atoms with Crippen LogP contribution < -0.4 is 4.74 Å². The van der Waals surface area contributed by atoms with Crippen molar-refractivity contribution in [1.82, 2.24) is 9.21 Å². The third-order valence-electron chi connectivity index (χ3n) is 4.01. The summed E-state index contributed by atoms with van der Waals surface area (Å²) in [7, 11) is -3.17. The summed E-state index contributed by atoms with van der Waals surface area (Å²) >= 11 is 0. The highest BCUT2D eigenvalue weighted by Gasteiger charge is 2.28. The summed E-state index contributed by atoms with van der Waals surface area (Å²) in [6, 6.07) is 5.39. The smallest absolute Gasteiger partial charge is 0.253 e. The summed E-state index contributed by atoms with van der Waals surface area (Å²) in [6.07, 6.45) is 0. The topological polar surface area (TPSA) is 66.9 Å². The molecule has 1 aromatic rings. The van der Waals surface area contributed by atoms with Gasteiger partial charge in [-0.1, -0.05) is 0 Å². The Labute approximate surface area is 138 Å². The van der Waals surface area contributed by atoms with Crippen molar-refractivity contribution in [1.29, 1.82) is 0 Å². The molecule has 0 atom stereocenters. The van der Waals surface area contributed by atoms with E-state index in [1.807, 2.05) is 26.0 Å². The summed E-state index contributed by atoms with van der Waals surface area (Å²) < 4.78 is 30.6. The van der Waals surface area contributed by atoms with Gasteiger partial charge in [0.2, 0.25) is 10.0 Å². The molecule has 23 heavy (non-hydrogen) atoms. The number of hydrogen-bond acceptors (Lipinski definition) is 4. The SMILES string of the molecule is CCOc1ccc(C(=O)N2CCN(S(=O)(=O)CC)CC2)cc1C. The fourth-order valence-corrected chi connectivity index (χ4v) is 3.72. The average Bonchev–Trinajstić information content (AvgIpc) is 2.56. The molecule has 1 amide bonds. The normalized spacial score (nSPS) is 16.4. The van der Waals surface area contributed by atoms with Gasteiger partial charge in [-0.15, -0.1) is 0 Å². The predicted octanol–water partition coefficient (Wildman–Crippen LogP) is 1.50. The fraction of sp³-hybridized carbons (Fsp3) is 0.562. The maximum atomic E-state index is 12.6. The molecule has 1 fully saturated rings. The zero-order valence-corrected chi connectivity index (χ0v) is 14.7. The molecule has 0 aromatic heterocycles. The first-order valence-electron chi connectivity index (χ1n) is 7.89. The molecule has 1 aliphatic rings. The molecule has 1 saturated heterocycles. The summed E-state index contributed by atoms with van der Waals surface area (Å²) in [5, 5.41) is 0. The number of ether oxygens (including phenoxy) is 1. The van der Waals surface area contributed by atoms with E-state index >= 15 is 0 Å². The van der Waals surface area contributed by atoms with E-state index in [4.69, 9.17) is 4.74 Å². The lowest BCUT2D eigenvalue weighted by Gasteiger charge is -2.34. The highest BCUT2D eigenvalue weighted by atomic mass is 32.2. The number of piperazine rings is 1. The molecule has 0 aliphatic carbocycles. The minimum Gasteiger partial charge on any atom is -0.494 e. The van der Waals surface area contributed by atoms with Crippen LogP contribution in [0.1, 0.15) is 29.8 Å². The fourth-order valence-electron chi connectivity index (χ4n) is 2.63. The molecule has 0 unspecified atom stereocenters. The van der Waals surface area contributed by atoms with Crippen molar-refractivity contribution >= 4 is 15.9 Å². The third kappa shape index (κ3) is 4.03. The number of amides is 1. The number of aryl methyl sites for hydroxylation is 1. The Morgan fingerprint density at radius 1 is 1.17 bits per heavy atom. The average molecular weight is 340 g/mol. The van der Waals surface area contributed by atoms with Gasteiger partial charge in [-0.25, -0.2) is 8.42 Å². The van der Waals surface area contributed by atoms with Gasteiger partial charge in [0.05, 0.1) is 12.4 Å². The maximum absolute atomic E-state index is 12.6. The monoisotopic (exact) mass is 340 g/mol. The molecule has 1 aliphatic heterocycles. The lowest BCUT2D eigenvalue weighted by molar-refractivity contribution is 0.0698. The second kappa shape index (κ2) is 7.31. The van der Waals surface area contributed by atoms with Crippen molar-refractivity contribution in [2.75, 3.05) is 38.5 Å². The van der Waals surface area contributed by atoms with Crippen molar-refractivity contribution < 1.29 is 17.9 Å². The predicted molar refractivity (Wildman–Crippen MR) is 89.3 cm³/mol. The number of nitrogens with zero attached hydrogens (tertiary/aromatic N) is 2. The van der Waals surface area contributed by atoms with E-state index < -0.39 is 10.0 Å². The highest BCUT2D eigenvalue weighted by molar-refractivity contribution is 7.89. The van der Waals surface area contributed by atoms with Crippen molar-refractivity contribution in [3.05, 3.63) is 29.3 Å². The van der Waals surface area contributed by atoms with Crippen LogP contribution in [0.5, 0.6) is 5.75 Å². The van der Waals surface area contributed by atoms with Gasteiger partial charge in [-0.05, 0) is 44.5 Å². The van der Waals surface area contributed by atoms with Gasteiger partial charge in [-0.3, -0.25) is 4.79 Å². The minimum atomic E-state index is -3.17. The standard InChI is InChI=1S/C16H24N2O4S/c1-4-22-15-7-6-14(12-13(15)3)16(19)17-8-10-18(11-9-17)23(20,21)5-2/h6-7,12H,4-5,8-11H2,1-3H3. The zero-order chi connectivity index (χ0) is 17.0. The van der Waals surface area contributed by atoms with Gasteiger partial charge in [0.25, 0.3) is 5.91 Å². The van der Waals surface area contributed by atoms with Crippen LogP contribution in [-0.4, -0.2) is 62.1 Å².